The molecular weight excluding hydrogens is 450 g/mol. The Morgan fingerprint density at radius 3 is 2.11 bits per heavy atom. The number of anilines is 1. The average molecular weight is 486 g/mol. The van der Waals surface area contributed by atoms with Gasteiger partial charge in [-0.3, -0.25) is 9.59 Å². The largest absolute Gasteiger partial charge is 0.495 e. The highest BCUT2D eigenvalue weighted by molar-refractivity contribution is 6.11. The molecule has 0 aliphatic rings. The molecule has 0 saturated heterocycles. The number of hydrogen-bond donors (Lipinski definition) is 3. The van der Waals surface area contributed by atoms with Crippen molar-refractivity contribution in [1.82, 2.24) is 0 Å². The highest BCUT2D eigenvalue weighted by Gasteiger charge is 2.19. The van der Waals surface area contributed by atoms with Crippen molar-refractivity contribution in [3.05, 3.63) is 47.0 Å². The lowest BCUT2D eigenvalue weighted by atomic mass is 10.0. The summed E-state index contributed by atoms with van der Waals surface area (Å²) >= 11 is 0. The average Bonchev–Trinajstić information content (AvgIpc) is 2.87. The molecule has 0 saturated carbocycles. The maximum Gasteiger partial charge on any atom is 0.241 e. The van der Waals surface area contributed by atoms with Crippen LogP contribution in [0.2, 0.25) is 0 Å². The Hall–Kier alpha value is -3.56. The Kier molecular flexibility index (Phi) is 10.6. The monoisotopic (exact) mass is 485 g/mol. The molecule has 2 aromatic carbocycles. The van der Waals surface area contributed by atoms with Crippen molar-refractivity contribution in [1.29, 1.82) is 0 Å². The first-order valence-electron chi connectivity index (χ1n) is 11.3. The maximum atomic E-state index is 13.1. The summed E-state index contributed by atoms with van der Waals surface area (Å²) in [5, 5.41) is 2.82. The standard InChI is InChI=1S/C26H35N3O6/c1-16(24(30)18-14-22(33-3)25(35-5)23(15-18)34-4)12-17-9-10-21(32-2)20(13-17)29-26(31)19(28)8-6-7-11-27/h9-10,12-15,19H,6-8,11,27-28H2,1-5H3,(H,29,31)/b16-12+/t19-/m0/s1. The third-order valence-electron chi connectivity index (χ3n) is 5.46. The minimum absolute atomic E-state index is 0.215. The molecule has 5 N–H and O–H groups in total. The molecule has 0 spiro atoms. The van der Waals surface area contributed by atoms with E-state index in [0.29, 0.717) is 58.4 Å². The zero-order valence-corrected chi connectivity index (χ0v) is 21.0. The summed E-state index contributed by atoms with van der Waals surface area (Å²) in [7, 11) is 6.00. The van der Waals surface area contributed by atoms with Crippen molar-refractivity contribution in [2.24, 2.45) is 11.5 Å². The predicted molar refractivity (Wildman–Crippen MR) is 137 cm³/mol. The molecular formula is C26H35N3O6. The molecule has 0 aliphatic heterocycles. The molecule has 1 atom stereocenters. The summed E-state index contributed by atoms with van der Waals surface area (Å²) in [4.78, 5) is 25.7. The minimum Gasteiger partial charge on any atom is -0.495 e. The number of amides is 1. The summed E-state index contributed by atoms with van der Waals surface area (Å²) in [6.45, 7) is 2.27. The van der Waals surface area contributed by atoms with Crippen LogP contribution in [0.3, 0.4) is 0 Å². The van der Waals surface area contributed by atoms with Gasteiger partial charge in [-0.15, -0.1) is 0 Å². The quantitative estimate of drug-likeness (QED) is 0.223. The van der Waals surface area contributed by atoms with Crippen molar-refractivity contribution in [3.63, 3.8) is 0 Å². The first-order valence-corrected chi connectivity index (χ1v) is 11.3. The molecule has 0 fully saturated rings. The van der Waals surface area contributed by atoms with Gasteiger partial charge in [0.05, 0.1) is 40.2 Å². The zero-order valence-electron chi connectivity index (χ0n) is 21.0. The second-order valence-corrected chi connectivity index (χ2v) is 7.91. The Labute approximate surface area is 206 Å². The van der Waals surface area contributed by atoms with E-state index in [1.54, 1.807) is 43.3 Å². The fourth-order valence-corrected chi connectivity index (χ4v) is 3.53. The Balaban J connectivity index is 2.30. The highest BCUT2D eigenvalue weighted by atomic mass is 16.5. The molecule has 0 aromatic heterocycles. The molecule has 0 heterocycles. The van der Waals surface area contributed by atoms with Gasteiger partial charge in [0.25, 0.3) is 0 Å². The van der Waals surface area contributed by atoms with Gasteiger partial charge in [-0.05, 0) is 67.8 Å². The molecule has 0 bridgehead atoms. The van der Waals surface area contributed by atoms with Crippen LogP contribution in [0.15, 0.2) is 35.9 Å². The number of methoxy groups -OCH3 is 4. The van der Waals surface area contributed by atoms with E-state index in [1.807, 2.05) is 0 Å². The first-order chi connectivity index (χ1) is 16.8. The molecule has 9 nitrogen and oxygen atoms in total. The number of ketones is 1. The second kappa shape index (κ2) is 13.4. The number of Topliss-reactive ketones (excluding diaryl/α,β-unsaturated/α-hetero) is 1. The highest BCUT2D eigenvalue weighted by Crippen LogP contribution is 2.38. The summed E-state index contributed by atoms with van der Waals surface area (Å²) in [5.41, 5.74) is 13.5. The summed E-state index contributed by atoms with van der Waals surface area (Å²) in [6, 6.07) is 7.79. The predicted octanol–water partition coefficient (Wildman–Crippen LogP) is 3.40. The number of benzene rings is 2. The van der Waals surface area contributed by atoms with Crippen LogP contribution in [0.5, 0.6) is 23.0 Å². The van der Waals surface area contributed by atoms with Gasteiger partial charge in [0, 0.05) is 5.56 Å². The van der Waals surface area contributed by atoms with Crippen LogP contribution < -0.4 is 35.7 Å². The van der Waals surface area contributed by atoms with E-state index in [1.165, 1.54) is 28.4 Å². The molecule has 2 aromatic rings. The van der Waals surface area contributed by atoms with Crippen molar-refractivity contribution in [2.45, 2.75) is 32.2 Å². The number of ether oxygens (including phenoxy) is 4. The maximum absolute atomic E-state index is 13.1. The topological polar surface area (TPSA) is 135 Å². The molecule has 0 aliphatic carbocycles. The summed E-state index contributed by atoms with van der Waals surface area (Å²) in [5.74, 6) is 1.14. The van der Waals surface area contributed by atoms with Crippen molar-refractivity contribution >= 4 is 23.5 Å². The van der Waals surface area contributed by atoms with Gasteiger partial charge in [-0.25, -0.2) is 0 Å². The lowest BCUT2D eigenvalue weighted by molar-refractivity contribution is -0.117. The Morgan fingerprint density at radius 1 is 0.943 bits per heavy atom. The number of rotatable bonds is 13. The van der Waals surface area contributed by atoms with Crippen LogP contribution in [0.1, 0.15) is 42.1 Å². The van der Waals surface area contributed by atoms with E-state index in [2.05, 4.69) is 5.32 Å². The normalized spacial score (nSPS) is 12.0. The number of allylic oxidation sites excluding steroid dienone is 1. The van der Waals surface area contributed by atoms with Gasteiger partial charge in [0.1, 0.15) is 5.75 Å². The first kappa shape index (κ1) is 27.7. The molecule has 35 heavy (non-hydrogen) atoms. The van der Waals surface area contributed by atoms with E-state index < -0.39 is 6.04 Å². The van der Waals surface area contributed by atoms with Crippen LogP contribution in [-0.2, 0) is 4.79 Å². The SMILES string of the molecule is COc1ccc(/C=C(\C)C(=O)c2cc(OC)c(OC)c(OC)c2)cc1NC(=O)[C@@H](N)CCCCN. The molecule has 1 amide bonds. The smallest absolute Gasteiger partial charge is 0.241 e. The summed E-state index contributed by atoms with van der Waals surface area (Å²) in [6.07, 6.45) is 3.84. The molecule has 190 valence electrons. The molecule has 9 heteroatoms. The Bertz CT molecular complexity index is 1040. The van der Waals surface area contributed by atoms with Gasteiger partial charge in [-0.1, -0.05) is 12.5 Å². The van der Waals surface area contributed by atoms with E-state index in [0.717, 1.165) is 12.8 Å². The van der Waals surface area contributed by atoms with Gasteiger partial charge >= 0.3 is 0 Å². The van der Waals surface area contributed by atoms with Gasteiger partial charge in [-0.2, -0.15) is 0 Å². The third kappa shape index (κ3) is 7.21. The number of nitrogens with two attached hydrogens (primary N) is 2. The molecule has 2 rings (SSSR count). The molecule has 0 radical (unpaired) electrons. The Morgan fingerprint density at radius 2 is 1.57 bits per heavy atom. The van der Waals surface area contributed by atoms with Crippen LogP contribution in [0.4, 0.5) is 5.69 Å². The number of unbranched alkanes of at least 4 members (excludes halogenated alkanes) is 1. The van der Waals surface area contributed by atoms with Crippen LogP contribution >= 0.6 is 0 Å². The minimum atomic E-state index is -0.659. The van der Waals surface area contributed by atoms with Crippen molar-refractivity contribution < 1.29 is 28.5 Å². The zero-order chi connectivity index (χ0) is 26.0. The fourth-order valence-electron chi connectivity index (χ4n) is 3.53. The number of hydrogen-bond acceptors (Lipinski definition) is 8. The van der Waals surface area contributed by atoms with Crippen LogP contribution in [-0.4, -0.2) is 52.7 Å². The lowest BCUT2D eigenvalue weighted by Crippen LogP contribution is -2.35. The van der Waals surface area contributed by atoms with E-state index >= 15 is 0 Å². The number of nitrogens with one attached hydrogen (secondary N) is 1. The van der Waals surface area contributed by atoms with E-state index in [4.69, 9.17) is 30.4 Å². The van der Waals surface area contributed by atoms with Crippen molar-refractivity contribution in [2.75, 3.05) is 40.3 Å². The lowest BCUT2D eigenvalue weighted by Gasteiger charge is -2.15. The fraction of sp³-hybridized carbons (Fsp3) is 0.385. The number of carbonyl (C=O) groups excluding carboxylic acids is 2. The van der Waals surface area contributed by atoms with Crippen LogP contribution in [0.25, 0.3) is 6.08 Å². The second-order valence-electron chi connectivity index (χ2n) is 7.91. The van der Waals surface area contributed by atoms with E-state index in [-0.39, 0.29) is 11.7 Å². The van der Waals surface area contributed by atoms with Gasteiger partial charge < -0.3 is 35.7 Å². The van der Waals surface area contributed by atoms with Gasteiger partial charge in [0.2, 0.25) is 11.7 Å². The summed E-state index contributed by atoms with van der Waals surface area (Å²) < 4.78 is 21.4. The number of carbonyl (C=O) groups is 2. The van der Waals surface area contributed by atoms with E-state index in [9.17, 15) is 9.59 Å². The van der Waals surface area contributed by atoms with Gasteiger partial charge in [0.15, 0.2) is 17.3 Å². The van der Waals surface area contributed by atoms with Crippen LogP contribution in [0, 0.1) is 0 Å². The van der Waals surface area contributed by atoms with Crippen molar-refractivity contribution in [3.8, 4) is 23.0 Å². The molecule has 0 unspecified atom stereocenters. The third-order valence-corrected chi connectivity index (χ3v) is 5.46.